The van der Waals surface area contributed by atoms with E-state index in [2.05, 4.69) is 35.1 Å². The van der Waals surface area contributed by atoms with E-state index in [1.165, 1.54) is 0 Å². The van der Waals surface area contributed by atoms with Crippen molar-refractivity contribution in [3.8, 4) is 0 Å². The minimum Gasteiger partial charge on any atom is -0.324 e. The summed E-state index contributed by atoms with van der Waals surface area (Å²) in [5, 5.41) is 2.89. The first kappa shape index (κ1) is 20.5. The Morgan fingerprint density at radius 2 is 1.85 bits per heavy atom. The van der Waals surface area contributed by atoms with E-state index in [9.17, 15) is 13.2 Å². The summed E-state index contributed by atoms with van der Waals surface area (Å²) in [6.45, 7) is 5.73. The maximum atomic E-state index is 12.6. The first-order valence-corrected chi connectivity index (χ1v) is 10.9. The molecule has 0 fully saturated rings. The molecule has 0 unspecified atom stereocenters. The van der Waals surface area contributed by atoms with Gasteiger partial charge in [0.05, 0.1) is 11.9 Å². The van der Waals surface area contributed by atoms with Crippen LogP contribution in [0.15, 0.2) is 46.9 Å². The van der Waals surface area contributed by atoms with Gasteiger partial charge in [-0.15, -0.1) is 0 Å². The highest BCUT2D eigenvalue weighted by Crippen LogP contribution is 2.28. The van der Waals surface area contributed by atoms with Crippen molar-refractivity contribution in [1.82, 2.24) is 0 Å². The van der Waals surface area contributed by atoms with Crippen molar-refractivity contribution in [3.05, 3.63) is 58.1 Å². The lowest BCUT2D eigenvalue weighted by atomic mass is 9.98. The number of aryl methyl sites for hydroxylation is 1. The summed E-state index contributed by atoms with van der Waals surface area (Å²) < 4.78 is 26.2. The molecule has 0 spiro atoms. The number of halogens is 1. The van der Waals surface area contributed by atoms with E-state index >= 15 is 0 Å². The van der Waals surface area contributed by atoms with Crippen molar-refractivity contribution in [3.63, 3.8) is 0 Å². The van der Waals surface area contributed by atoms with Crippen LogP contribution in [0, 0.1) is 6.92 Å². The van der Waals surface area contributed by atoms with Crippen LogP contribution in [0.4, 0.5) is 11.4 Å². The highest BCUT2D eigenvalue weighted by atomic mass is 79.9. The van der Waals surface area contributed by atoms with Crippen LogP contribution < -0.4 is 9.62 Å². The third-order valence-corrected chi connectivity index (χ3v) is 5.61. The number of para-hydroxylation sites is 1. The van der Waals surface area contributed by atoms with E-state index in [0.29, 0.717) is 5.69 Å². The Hall–Kier alpha value is -1.86. The van der Waals surface area contributed by atoms with Gasteiger partial charge >= 0.3 is 0 Å². The lowest BCUT2D eigenvalue weighted by molar-refractivity contribution is -0.114. The van der Waals surface area contributed by atoms with Crippen LogP contribution >= 0.6 is 15.9 Å². The lowest BCUT2D eigenvalue weighted by Crippen LogP contribution is -2.37. The molecule has 0 radical (unpaired) electrons. The zero-order chi connectivity index (χ0) is 19.5. The van der Waals surface area contributed by atoms with Gasteiger partial charge in [-0.3, -0.25) is 9.10 Å². The molecule has 1 N–H and O–H groups in total. The smallest absolute Gasteiger partial charge is 0.245 e. The van der Waals surface area contributed by atoms with Gasteiger partial charge in [-0.05, 0) is 42.2 Å². The number of carbonyl (C=O) groups is 1. The minimum atomic E-state index is -3.61. The third-order valence-electron chi connectivity index (χ3n) is 3.98. The summed E-state index contributed by atoms with van der Waals surface area (Å²) >= 11 is 3.33. The molecule has 0 saturated carbocycles. The van der Waals surface area contributed by atoms with E-state index in [1.54, 1.807) is 24.3 Å². The van der Waals surface area contributed by atoms with Gasteiger partial charge in [-0.1, -0.05) is 54.0 Å². The molecule has 0 aliphatic heterocycles. The molecule has 1 amide bonds. The van der Waals surface area contributed by atoms with Crippen molar-refractivity contribution >= 4 is 43.2 Å². The zero-order valence-corrected chi connectivity index (χ0v) is 17.7. The largest absolute Gasteiger partial charge is 0.324 e. The standard InChI is InChI=1S/C19H23BrN2O3S/c1-13(2)17-10-5-7-14(3)19(17)21-18(23)12-22(26(4,24)25)16-9-6-8-15(20)11-16/h5-11,13H,12H2,1-4H3,(H,21,23). The number of anilines is 2. The second kappa shape index (κ2) is 8.22. The van der Waals surface area contributed by atoms with Crippen LogP contribution in [0.25, 0.3) is 0 Å². The molecule has 0 heterocycles. The van der Waals surface area contributed by atoms with Gasteiger partial charge in [0.2, 0.25) is 15.9 Å². The number of carbonyl (C=O) groups excluding carboxylic acids is 1. The van der Waals surface area contributed by atoms with Gasteiger partial charge in [0.1, 0.15) is 6.54 Å². The quantitative estimate of drug-likeness (QED) is 0.731. The van der Waals surface area contributed by atoms with E-state index in [-0.39, 0.29) is 18.4 Å². The Kier molecular flexibility index (Phi) is 6.47. The summed E-state index contributed by atoms with van der Waals surface area (Å²) in [7, 11) is -3.61. The van der Waals surface area contributed by atoms with E-state index in [0.717, 1.165) is 31.8 Å². The number of hydrogen-bond acceptors (Lipinski definition) is 3. The molecule has 0 bridgehead atoms. The van der Waals surface area contributed by atoms with Gasteiger partial charge in [0, 0.05) is 10.2 Å². The number of nitrogens with zero attached hydrogens (tertiary/aromatic N) is 1. The minimum absolute atomic E-state index is 0.237. The third kappa shape index (κ3) is 5.08. The fourth-order valence-electron chi connectivity index (χ4n) is 2.68. The van der Waals surface area contributed by atoms with E-state index in [4.69, 9.17) is 0 Å². The van der Waals surface area contributed by atoms with E-state index < -0.39 is 10.0 Å². The van der Waals surface area contributed by atoms with Crippen LogP contribution in [0.1, 0.15) is 30.9 Å². The Labute approximate surface area is 163 Å². The monoisotopic (exact) mass is 438 g/mol. The van der Waals surface area contributed by atoms with Gasteiger partial charge in [0.25, 0.3) is 0 Å². The summed E-state index contributed by atoms with van der Waals surface area (Å²) in [6.07, 6.45) is 1.09. The van der Waals surface area contributed by atoms with Crippen LogP contribution in [0.3, 0.4) is 0 Å². The van der Waals surface area contributed by atoms with Crippen LogP contribution in [-0.4, -0.2) is 27.1 Å². The van der Waals surface area contributed by atoms with Gasteiger partial charge in [-0.2, -0.15) is 0 Å². The van der Waals surface area contributed by atoms with Crippen LogP contribution in [0.2, 0.25) is 0 Å². The fourth-order valence-corrected chi connectivity index (χ4v) is 3.92. The first-order valence-electron chi connectivity index (χ1n) is 8.22. The van der Waals surface area contributed by atoms with Gasteiger partial charge in [-0.25, -0.2) is 8.42 Å². The topological polar surface area (TPSA) is 66.5 Å². The fraction of sp³-hybridized carbons (Fsp3) is 0.316. The Morgan fingerprint density at radius 1 is 1.19 bits per heavy atom. The molecule has 0 aliphatic carbocycles. The second-order valence-electron chi connectivity index (χ2n) is 6.49. The highest BCUT2D eigenvalue weighted by Gasteiger charge is 2.22. The molecule has 0 saturated heterocycles. The maximum Gasteiger partial charge on any atom is 0.245 e. The predicted octanol–water partition coefficient (Wildman–Crippen LogP) is 4.29. The highest BCUT2D eigenvalue weighted by molar-refractivity contribution is 9.10. The number of hydrogen-bond donors (Lipinski definition) is 1. The van der Waals surface area contributed by atoms with Crippen LogP contribution in [-0.2, 0) is 14.8 Å². The summed E-state index contributed by atoms with van der Waals surface area (Å²) in [5.41, 5.74) is 3.14. The van der Waals surface area contributed by atoms with Crippen molar-refractivity contribution in [2.45, 2.75) is 26.7 Å². The SMILES string of the molecule is Cc1cccc(C(C)C)c1NC(=O)CN(c1cccc(Br)c1)S(C)(=O)=O. The Morgan fingerprint density at radius 3 is 2.42 bits per heavy atom. The summed E-state index contributed by atoms with van der Waals surface area (Å²) in [6, 6.07) is 12.7. The number of rotatable bonds is 6. The number of sulfonamides is 1. The zero-order valence-electron chi connectivity index (χ0n) is 15.3. The normalized spacial score (nSPS) is 11.5. The average Bonchev–Trinajstić information content (AvgIpc) is 2.53. The molecule has 26 heavy (non-hydrogen) atoms. The molecule has 0 aliphatic rings. The molecular formula is C19H23BrN2O3S. The number of amides is 1. The van der Waals surface area contributed by atoms with E-state index in [1.807, 2.05) is 25.1 Å². The molecule has 2 rings (SSSR count). The number of benzene rings is 2. The molecule has 140 valence electrons. The molecule has 0 atom stereocenters. The van der Waals surface area contributed by atoms with Crippen LogP contribution in [0.5, 0.6) is 0 Å². The summed E-state index contributed by atoms with van der Waals surface area (Å²) in [5.74, 6) is -0.145. The lowest BCUT2D eigenvalue weighted by Gasteiger charge is -2.23. The molecule has 2 aromatic carbocycles. The predicted molar refractivity (Wildman–Crippen MR) is 110 cm³/mol. The average molecular weight is 439 g/mol. The Bertz CT molecular complexity index is 911. The molecular weight excluding hydrogens is 416 g/mol. The number of nitrogens with one attached hydrogen (secondary N) is 1. The van der Waals surface area contributed by atoms with Crippen molar-refractivity contribution in [2.75, 3.05) is 22.4 Å². The van der Waals surface area contributed by atoms with Gasteiger partial charge in [0.15, 0.2) is 0 Å². The molecule has 5 nitrogen and oxygen atoms in total. The Balaban J connectivity index is 2.30. The summed E-state index contributed by atoms with van der Waals surface area (Å²) in [4.78, 5) is 12.6. The van der Waals surface area contributed by atoms with Crippen molar-refractivity contribution in [1.29, 1.82) is 0 Å². The molecule has 2 aromatic rings. The molecule has 7 heteroatoms. The van der Waals surface area contributed by atoms with Crippen molar-refractivity contribution < 1.29 is 13.2 Å². The first-order chi connectivity index (χ1) is 12.1. The maximum absolute atomic E-state index is 12.6. The van der Waals surface area contributed by atoms with Gasteiger partial charge < -0.3 is 5.32 Å². The second-order valence-corrected chi connectivity index (χ2v) is 9.31. The van der Waals surface area contributed by atoms with Crippen molar-refractivity contribution in [2.24, 2.45) is 0 Å². The molecule has 0 aromatic heterocycles.